The Morgan fingerprint density at radius 3 is 0.795 bits per heavy atom. The molecule has 248 valence electrons. The van der Waals surface area contributed by atoms with Gasteiger partial charge in [0.2, 0.25) is 0 Å². The van der Waals surface area contributed by atoms with Gasteiger partial charge in [-0.15, -0.1) is 0 Å². The van der Waals surface area contributed by atoms with Gasteiger partial charge in [0.05, 0.1) is 0 Å². The third-order valence-electron chi connectivity index (χ3n) is 5.28. The monoisotopic (exact) mass is 596 g/mol. The van der Waals surface area contributed by atoms with Gasteiger partial charge in [0, 0.05) is 26.4 Å². The maximum Gasteiger partial charge on any atom is 0.0466 e. The summed E-state index contributed by atoms with van der Waals surface area (Å²) in [5.41, 5.74) is 0. The predicted octanol–water partition coefficient (Wildman–Crippen LogP) is 7.15. The summed E-state index contributed by atoms with van der Waals surface area (Å²) in [6.07, 6.45) is 28.2. The van der Waals surface area contributed by atoms with Gasteiger partial charge in [-0.3, -0.25) is 0 Å². The van der Waals surface area contributed by atoms with Crippen molar-refractivity contribution in [1.82, 2.24) is 18.5 Å². The molecule has 0 aliphatic heterocycles. The molecule has 0 atom stereocenters. The summed E-state index contributed by atoms with van der Waals surface area (Å²) >= 11 is 0. The van der Waals surface area contributed by atoms with E-state index in [4.69, 9.17) is 34.2 Å². The smallest absolute Gasteiger partial charge is 0.0466 e. The van der Waals surface area contributed by atoms with Crippen molar-refractivity contribution in [2.24, 2.45) is 0 Å². The van der Waals surface area contributed by atoms with E-state index in [1.54, 1.807) is 13.8 Å². The zero-order chi connectivity index (χ0) is 28.2. The van der Waals surface area contributed by atoms with Gasteiger partial charge < -0.3 is 52.6 Å². The molecule has 0 saturated carbocycles. The van der Waals surface area contributed by atoms with Crippen molar-refractivity contribution in [2.75, 3.05) is 26.4 Å². The van der Waals surface area contributed by atoms with Gasteiger partial charge in [0.15, 0.2) is 0 Å². The summed E-state index contributed by atoms with van der Waals surface area (Å²) in [5, 5.41) is 15.1. The van der Waals surface area contributed by atoms with E-state index in [1.807, 2.05) is 0 Å². The minimum absolute atomic E-state index is 0. The van der Waals surface area contributed by atoms with Crippen LogP contribution in [0.3, 0.4) is 0 Å². The first-order chi connectivity index (χ1) is 17.2. The van der Waals surface area contributed by atoms with Crippen LogP contribution in [0.15, 0.2) is 0 Å². The molecule has 0 rings (SSSR count). The highest BCUT2D eigenvalue weighted by Crippen LogP contribution is 2.12. The molecule has 10 nitrogen and oxygen atoms in total. The maximum absolute atomic E-state index is 8.55. The molecule has 0 radical (unpaired) electrons. The molecule has 0 unspecified atom stereocenters. The molecule has 0 aromatic rings. The maximum atomic E-state index is 8.55. The van der Waals surface area contributed by atoms with Crippen molar-refractivity contribution in [1.29, 1.82) is 0 Å². The number of rotatable bonds is 22. The van der Waals surface area contributed by atoms with Gasteiger partial charge in [-0.05, 0) is 26.7 Å². The molecule has 0 heterocycles. The van der Waals surface area contributed by atoms with Crippen LogP contribution in [0, 0.1) is 0 Å². The quantitative estimate of drug-likeness (QED) is 0.0637. The van der Waals surface area contributed by atoms with Crippen LogP contribution in [0.25, 0.3) is 0 Å². The van der Waals surface area contributed by atoms with Crippen LogP contribution < -0.4 is 33.1 Å². The zero-order valence-electron chi connectivity index (χ0n) is 27.4. The van der Waals surface area contributed by atoms with E-state index < -0.39 is 7.82 Å². The highest BCUT2D eigenvalue weighted by molar-refractivity contribution is 7.40. The Bertz CT molecular complexity index is 362. The topological polar surface area (TPSA) is 245 Å². The van der Waals surface area contributed by atoms with E-state index >= 15 is 0 Å². The van der Waals surface area contributed by atoms with Crippen LogP contribution >= 0.6 is 7.82 Å². The fourth-order valence-electron chi connectivity index (χ4n) is 3.49. The minimum atomic E-state index is -5.39. The first-order valence-corrected chi connectivity index (χ1v) is 16.2. The van der Waals surface area contributed by atoms with E-state index in [0.717, 1.165) is 13.2 Å². The summed E-state index contributed by atoms with van der Waals surface area (Å²) in [4.78, 5) is 25.6. The number of phosphoric acid groups is 1. The largest absolute Gasteiger partial charge is 0.822 e. The van der Waals surface area contributed by atoms with Crippen molar-refractivity contribution >= 4 is 7.82 Å². The van der Waals surface area contributed by atoms with Gasteiger partial charge >= 0.3 is 0 Å². The first kappa shape index (κ1) is 54.9. The number of hydrogen-bond donors (Lipinski definition) is 5. The molecule has 0 amide bonds. The first-order valence-electron chi connectivity index (χ1n) is 14.8. The molecule has 0 aromatic heterocycles. The average Bonchev–Trinajstić information content (AvgIpc) is 2.80. The Balaban J connectivity index is -0.000000124. The summed E-state index contributed by atoms with van der Waals surface area (Å²) in [6, 6.07) is 0. The van der Waals surface area contributed by atoms with Crippen molar-refractivity contribution in [3.8, 4) is 0 Å². The second-order valence-corrected chi connectivity index (χ2v) is 9.95. The van der Waals surface area contributed by atoms with E-state index in [9.17, 15) is 0 Å². The lowest BCUT2D eigenvalue weighted by Crippen LogP contribution is -2.24. The predicted molar refractivity (Wildman–Crippen MR) is 166 cm³/mol. The van der Waals surface area contributed by atoms with Crippen molar-refractivity contribution in [3.63, 3.8) is 0 Å². The summed E-state index contributed by atoms with van der Waals surface area (Å²) in [5.74, 6) is 0. The number of unbranched alkanes of at least 4 members (excludes halogenated alkanes) is 18. The standard InChI is InChI=1S/C24H50O.2C2H6O.3H3N.H3O4P/c1-3-5-7-9-11-13-15-17-19-21-23-25-24-22-20-18-16-14-12-10-8-6-4-2;2*1-2-3;;;;1-5(2,3)4/h3-24H2,1-2H3;2*3H,2H2,1H3;3*1H3;(H3,1,2,3,4). The Kier molecular flexibility index (Phi) is 76.0. The Labute approximate surface area is 243 Å². The second kappa shape index (κ2) is 54.0. The molecule has 14 N–H and O–H groups in total. The molecule has 0 fully saturated rings. The molecule has 0 bridgehead atoms. The Hall–Kier alpha value is -0.130. The fourth-order valence-corrected chi connectivity index (χ4v) is 3.49. The molecular weight excluding hydrogens is 521 g/mol. The SMILES string of the molecule is CCCCCCCCCCCCOCCCCCCCCCCCC.CCO.CCO.O=P([O-])([O-])[O-].[NH4+].[NH4+].[NH4+]. The van der Waals surface area contributed by atoms with Gasteiger partial charge in [-0.2, -0.15) is 7.82 Å². The molecule has 0 aliphatic rings. The molecule has 0 spiro atoms. The second-order valence-electron chi connectivity index (χ2n) is 9.06. The lowest BCUT2D eigenvalue weighted by atomic mass is 10.1. The lowest BCUT2D eigenvalue weighted by Gasteiger charge is -2.36. The van der Waals surface area contributed by atoms with Crippen LogP contribution in [0.4, 0.5) is 0 Å². The Morgan fingerprint density at radius 2 is 0.615 bits per heavy atom. The highest BCUT2D eigenvalue weighted by atomic mass is 31.2. The molecule has 39 heavy (non-hydrogen) atoms. The van der Waals surface area contributed by atoms with Crippen molar-refractivity contribution < 1.29 is 34.2 Å². The zero-order valence-corrected chi connectivity index (χ0v) is 28.2. The minimum Gasteiger partial charge on any atom is -0.822 e. The van der Waals surface area contributed by atoms with Crippen LogP contribution in [0.5, 0.6) is 0 Å². The van der Waals surface area contributed by atoms with Crippen LogP contribution in [0.1, 0.15) is 156 Å². The fraction of sp³-hybridized carbons (Fsp3) is 1.00. The highest BCUT2D eigenvalue weighted by Gasteiger charge is 1.95. The van der Waals surface area contributed by atoms with Gasteiger partial charge in [0.1, 0.15) is 0 Å². The van der Waals surface area contributed by atoms with Gasteiger partial charge in [-0.1, -0.05) is 129 Å². The average molecular weight is 596 g/mol. The van der Waals surface area contributed by atoms with E-state index in [0.29, 0.717) is 0 Å². The summed E-state index contributed by atoms with van der Waals surface area (Å²) in [6.45, 7) is 10.4. The van der Waals surface area contributed by atoms with Gasteiger partial charge in [-0.25, -0.2) is 0 Å². The summed E-state index contributed by atoms with van der Waals surface area (Å²) in [7, 11) is -5.39. The molecular formula is C28H74N3O7P. The van der Waals surface area contributed by atoms with E-state index in [2.05, 4.69) is 13.8 Å². The van der Waals surface area contributed by atoms with Crippen molar-refractivity contribution in [3.05, 3.63) is 0 Å². The van der Waals surface area contributed by atoms with Crippen LogP contribution in [-0.2, 0) is 9.30 Å². The number of hydrogen-bond acceptors (Lipinski definition) is 7. The molecule has 11 heteroatoms. The third kappa shape index (κ3) is 102. The van der Waals surface area contributed by atoms with E-state index in [1.165, 1.54) is 128 Å². The number of quaternary nitrogens is 3. The number of aliphatic hydroxyl groups excluding tert-OH is 2. The molecule has 0 saturated heterocycles. The third-order valence-corrected chi connectivity index (χ3v) is 5.28. The Morgan fingerprint density at radius 1 is 0.462 bits per heavy atom. The van der Waals surface area contributed by atoms with E-state index in [-0.39, 0.29) is 31.7 Å². The van der Waals surface area contributed by atoms with Crippen molar-refractivity contribution in [2.45, 2.75) is 156 Å². The number of ether oxygens (including phenoxy) is 1. The van der Waals surface area contributed by atoms with Crippen LogP contribution in [0.2, 0.25) is 0 Å². The lowest BCUT2D eigenvalue weighted by molar-refractivity contribution is -0.432. The molecule has 0 aromatic carbocycles. The van der Waals surface area contributed by atoms with Crippen LogP contribution in [-0.4, -0.2) is 36.6 Å². The normalized spacial score (nSPS) is 9.67. The summed E-state index contributed by atoms with van der Waals surface area (Å²) < 4.78 is 14.3. The molecule has 0 aliphatic carbocycles. The van der Waals surface area contributed by atoms with Gasteiger partial charge in [0.25, 0.3) is 0 Å². The number of aliphatic hydroxyl groups is 2.